The molecule has 8 nitrogen and oxygen atoms in total. The average molecular weight is 559 g/mol. The highest BCUT2D eigenvalue weighted by Crippen LogP contribution is 2.30. The van der Waals surface area contributed by atoms with Gasteiger partial charge in [-0.15, -0.1) is 0 Å². The Balaban J connectivity index is 1.54. The van der Waals surface area contributed by atoms with Crippen LogP contribution in [0.15, 0.2) is 120 Å². The van der Waals surface area contributed by atoms with Crippen molar-refractivity contribution in [1.82, 2.24) is 0 Å². The predicted octanol–water partition coefficient (Wildman–Crippen LogP) is 5.69. The van der Waals surface area contributed by atoms with Crippen molar-refractivity contribution in [1.29, 1.82) is 0 Å². The second-order valence-corrected chi connectivity index (χ2v) is 10.3. The number of barbiturate groups is 1. The van der Waals surface area contributed by atoms with Gasteiger partial charge in [0, 0.05) is 5.02 Å². The summed E-state index contributed by atoms with van der Waals surface area (Å²) in [7, 11) is -4.17. The molecule has 0 atom stereocenters. The first-order valence-electron chi connectivity index (χ1n) is 11.6. The fourth-order valence-electron chi connectivity index (χ4n) is 3.94. The summed E-state index contributed by atoms with van der Waals surface area (Å²) in [4.78, 5) is 42.2. The van der Waals surface area contributed by atoms with Crippen LogP contribution in [0.1, 0.15) is 5.56 Å². The Labute approximate surface area is 229 Å². The Hall–Kier alpha value is -4.73. The third-order valence-corrected chi connectivity index (χ3v) is 7.27. The maximum absolute atomic E-state index is 13.5. The molecule has 0 aliphatic carbocycles. The molecule has 1 aliphatic heterocycles. The van der Waals surface area contributed by atoms with Crippen LogP contribution in [0, 0.1) is 0 Å². The second kappa shape index (κ2) is 10.6. The fourth-order valence-corrected chi connectivity index (χ4v) is 4.99. The monoisotopic (exact) mass is 558 g/mol. The number of anilines is 2. The van der Waals surface area contributed by atoms with E-state index < -0.39 is 28.0 Å². The molecule has 0 radical (unpaired) electrons. The van der Waals surface area contributed by atoms with E-state index in [0.717, 1.165) is 9.80 Å². The number of amides is 4. The van der Waals surface area contributed by atoms with Gasteiger partial charge in [0.2, 0.25) is 0 Å². The summed E-state index contributed by atoms with van der Waals surface area (Å²) < 4.78 is 30.7. The Morgan fingerprint density at radius 3 is 1.74 bits per heavy atom. The minimum atomic E-state index is -4.17. The summed E-state index contributed by atoms with van der Waals surface area (Å²) in [5, 5.41) is 0.372. The van der Waals surface area contributed by atoms with E-state index in [1.807, 2.05) is 0 Å². The highest BCUT2D eigenvalue weighted by atomic mass is 35.5. The van der Waals surface area contributed by atoms with E-state index in [9.17, 15) is 22.8 Å². The molecule has 1 saturated heterocycles. The zero-order valence-electron chi connectivity index (χ0n) is 20.1. The third-order valence-electron chi connectivity index (χ3n) is 5.76. The Morgan fingerprint density at radius 1 is 0.667 bits per heavy atom. The van der Waals surface area contributed by atoms with Crippen LogP contribution in [0.25, 0.3) is 6.08 Å². The number of rotatable bonds is 6. The first-order valence-corrected chi connectivity index (χ1v) is 13.4. The average Bonchev–Trinajstić information content (AvgIpc) is 2.93. The maximum atomic E-state index is 13.5. The molecule has 5 rings (SSSR count). The summed E-state index contributed by atoms with van der Waals surface area (Å²) in [6.07, 6.45) is 1.30. The lowest BCUT2D eigenvalue weighted by Gasteiger charge is -2.33. The molecule has 0 unspecified atom stereocenters. The van der Waals surface area contributed by atoms with Crippen LogP contribution >= 0.6 is 11.6 Å². The van der Waals surface area contributed by atoms with Crippen LogP contribution in [0.5, 0.6) is 5.75 Å². The molecule has 4 aromatic rings. The topological polar surface area (TPSA) is 101 Å². The Morgan fingerprint density at radius 2 is 1.21 bits per heavy atom. The van der Waals surface area contributed by atoms with Crippen molar-refractivity contribution in [2.24, 2.45) is 0 Å². The van der Waals surface area contributed by atoms with E-state index >= 15 is 0 Å². The quantitative estimate of drug-likeness (QED) is 0.171. The van der Waals surface area contributed by atoms with E-state index in [1.54, 1.807) is 66.7 Å². The number of carbonyl (C=O) groups is 3. The van der Waals surface area contributed by atoms with E-state index in [0.29, 0.717) is 10.6 Å². The molecule has 39 heavy (non-hydrogen) atoms. The number of hydrogen-bond donors (Lipinski definition) is 0. The molecule has 10 heteroatoms. The zero-order chi connectivity index (χ0) is 27.6. The molecule has 4 aromatic carbocycles. The predicted molar refractivity (Wildman–Crippen MR) is 147 cm³/mol. The number of imide groups is 2. The zero-order valence-corrected chi connectivity index (χ0v) is 21.7. The fraction of sp³-hybridized carbons (Fsp3) is 0. The number of carbonyl (C=O) groups excluding carboxylic acids is 3. The summed E-state index contributed by atoms with van der Waals surface area (Å²) in [6, 6.07) is 27.1. The molecular formula is C29H19ClN2O6S. The van der Waals surface area contributed by atoms with E-state index in [2.05, 4.69) is 0 Å². The number of nitrogens with zero attached hydrogens (tertiary/aromatic N) is 2. The molecular weight excluding hydrogens is 540 g/mol. The molecule has 0 spiro atoms. The van der Waals surface area contributed by atoms with Crippen molar-refractivity contribution < 1.29 is 27.0 Å². The maximum Gasteiger partial charge on any atom is 0.343 e. The number of para-hydroxylation sites is 2. The molecule has 0 aromatic heterocycles. The van der Waals surface area contributed by atoms with Crippen LogP contribution in [-0.2, 0) is 19.7 Å². The molecule has 0 bridgehead atoms. The standard InChI is InChI=1S/C29H19ClN2O6S/c30-21-14-16-25(17-15-21)39(36,37)38-24-13-7-8-20(18-24)19-26-27(33)31(22-9-3-1-4-10-22)29(35)32(28(26)34)23-11-5-2-6-12-23/h1-19H. The van der Waals surface area contributed by atoms with Gasteiger partial charge in [0.1, 0.15) is 16.2 Å². The van der Waals surface area contributed by atoms with Gasteiger partial charge in [0.05, 0.1) is 11.4 Å². The van der Waals surface area contributed by atoms with Crippen molar-refractivity contribution in [3.63, 3.8) is 0 Å². The second-order valence-electron chi connectivity index (χ2n) is 8.36. The van der Waals surface area contributed by atoms with Crippen molar-refractivity contribution in [2.75, 3.05) is 9.80 Å². The van der Waals surface area contributed by atoms with Gasteiger partial charge in [-0.3, -0.25) is 9.59 Å². The van der Waals surface area contributed by atoms with Crippen molar-refractivity contribution in [2.45, 2.75) is 4.90 Å². The van der Waals surface area contributed by atoms with Crippen LogP contribution in [-0.4, -0.2) is 26.3 Å². The first-order chi connectivity index (χ1) is 18.7. The summed E-state index contributed by atoms with van der Waals surface area (Å²) in [6.45, 7) is 0. The van der Waals surface area contributed by atoms with Gasteiger partial charge < -0.3 is 4.18 Å². The van der Waals surface area contributed by atoms with E-state index in [4.69, 9.17) is 15.8 Å². The lowest BCUT2D eigenvalue weighted by Crippen LogP contribution is -2.57. The Kier molecular flexibility index (Phi) is 7.02. The van der Waals surface area contributed by atoms with Gasteiger partial charge in [-0.25, -0.2) is 14.6 Å². The lowest BCUT2D eigenvalue weighted by molar-refractivity contribution is -0.121. The summed E-state index contributed by atoms with van der Waals surface area (Å²) in [5.41, 5.74) is 0.599. The smallest absolute Gasteiger partial charge is 0.343 e. The molecule has 1 fully saturated rings. The number of halogens is 1. The summed E-state index contributed by atoms with van der Waals surface area (Å²) in [5.74, 6) is -1.67. The highest BCUT2D eigenvalue weighted by Gasteiger charge is 2.43. The van der Waals surface area contributed by atoms with Gasteiger partial charge >= 0.3 is 16.1 Å². The number of benzene rings is 4. The summed E-state index contributed by atoms with van der Waals surface area (Å²) >= 11 is 5.84. The van der Waals surface area contributed by atoms with Crippen LogP contribution in [0.2, 0.25) is 5.02 Å². The molecule has 0 saturated carbocycles. The van der Waals surface area contributed by atoms with Gasteiger partial charge in [0.15, 0.2) is 0 Å². The largest absolute Gasteiger partial charge is 0.379 e. The van der Waals surface area contributed by atoms with Crippen LogP contribution in [0.4, 0.5) is 16.2 Å². The van der Waals surface area contributed by atoms with Crippen molar-refractivity contribution in [3.8, 4) is 5.75 Å². The molecule has 4 amide bonds. The van der Waals surface area contributed by atoms with Crippen molar-refractivity contribution >= 4 is 57.0 Å². The number of hydrogen-bond acceptors (Lipinski definition) is 6. The molecule has 194 valence electrons. The third kappa shape index (κ3) is 5.31. The normalized spacial score (nSPS) is 14.0. The van der Waals surface area contributed by atoms with Crippen molar-refractivity contribution in [3.05, 3.63) is 125 Å². The van der Waals surface area contributed by atoms with Gasteiger partial charge in [-0.05, 0) is 72.3 Å². The Bertz CT molecular complexity index is 1640. The van der Waals surface area contributed by atoms with Crippen LogP contribution < -0.4 is 14.0 Å². The first kappa shape index (κ1) is 25.9. The van der Waals surface area contributed by atoms with E-state index in [-0.39, 0.29) is 27.6 Å². The lowest BCUT2D eigenvalue weighted by atomic mass is 10.0. The van der Waals surface area contributed by atoms with E-state index in [1.165, 1.54) is 48.5 Å². The minimum Gasteiger partial charge on any atom is -0.379 e. The van der Waals surface area contributed by atoms with Gasteiger partial charge in [-0.2, -0.15) is 8.42 Å². The van der Waals surface area contributed by atoms with Crippen LogP contribution in [0.3, 0.4) is 0 Å². The molecule has 1 heterocycles. The van der Waals surface area contributed by atoms with Gasteiger partial charge in [-0.1, -0.05) is 60.1 Å². The minimum absolute atomic E-state index is 0.0362. The number of urea groups is 1. The highest BCUT2D eigenvalue weighted by molar-refractivity contribution is 7.87. The molecule has 0 N–H and O–H groups in total. The SMILES string of the molecule is O=C1C(=Cc2cccc(OS(=O)(=O)c3ccc(Cl)cc3)c2)C(=O)N(c2ccccc2)C(=O)N1c1ccccc1. The van der Waals surface area contributed by atoms with Gasteiger partial charge in [0.25, 0.3) is 11.8 Å². The molecule has 1 aliphatic rings.